The van der Waals surface area contributed by atoms with Crippen LogP contribution in [-0.4, -0.2) is 61.1 Å². The van der Waals surface area contributed by atoms with Crippen LogP contribution >= 0.6 is 0 Å². The third-order valence-electron chi connectivity index (χ3n) is 5.10. The second-order valence-corrected chi connectivity index (χ2v) is 6.87. The second-order valence-electron chi connectivity index (χ2n) is 6.87. The van der Waals surface area contributed by atoms with Crippen LogP contribution in [0.1, 0.15) is 23.4 Å². The van der Waals surface area contributed by atoms with E-state index in [4.69, 9.17) is 9.15 Å². The quantitative estimate of drug-likeness (QED) is 0.843. The van der Waals surface area contributed by atoms with Gasteiger partial charge in [-0.05, 0) is 37.1 Å². The number of hydrogen-bond donors (Lipinski definition) is 0. The number of benzene rings is 1. The van der Waals surface area contributed by atoms with E-state index in [-0.39, 0.29) is 17.5 Å². The first-order valence-electron chi connectivity index (χ1n) is 9.19. The first kappa shape index (κ1) is 17.2. The van der Waals surface area contributed by atoms with Crippen LogP contribution in [0.25, 0.3) is 11.3 Å². The Balaban J connectivity index is 1.36. The van der Waals surface area contributed by atoms with Crippen molar-refractivity contribution in [3.05, 3.63) is 48.0 Å². The standard InChI is InChI=1S/C20H23FN2O3/c21-17-6-2-1-5-16(17)18-7-8-19(26-18)20(24)23-11-9-22(10-12-23)14-15-4-3-13-25-15/h1-2,5-8,15H,3-4,9-14H2/t15-/m0/s1. The minimum Gasteiger partial charge on any atom is -0.451 e. The Morgan fingerprint density at radius 3 is 2.65 bits per heavy atom. The minimum atomic E-state index is -0.358. The SMILES string of the molecule is O=C(c1ccc(-c2ccccc2F)o1)N1CCN(C[C@@H]2CCCO2)CC1. The van der Waals surface area contributed by atoms with Crippen LogP contribution in [0.15, 0.2) is 40.8 Å². The number of hydrogen-bond acceptors (Lipinski definition) is 4. The molecule has 0 N–H and O–H groups in total. The first-order chi connectivity index (χ1) is 12.7. The number of furan rings is 1. The van der Waals surface area contributed by atoms with Crippen molar-refractivity contribution < 1.29 is 18.3 Å². The van der Waals surface area contributed by atoms with Crippen molar-refractivity contribution in [2.24, 2.45) is 0 Å². The van der Waals surface area contributed by atoms with Gasteiger partial charge in [0.15, 0.2) is 5.76 Å². The van der Waals surface area contributed by atoms with Gasteiger partial charge in [0.25, 0.3) is 5.91 Å². The van der Waals surface area contributed by atoms with Gasteiger partial charge in [-0.15, -0.1) is 0 Å². The molecule has 6 heteroatoms. The fourth-order valence-electron chi connectivity index (χ4n) is 3.62. The van der Waals surface area contributed by atoms with E-state index < -0.39 is 0 Å². The van der Waals surface area contributed by atoms with Gasteiger partial charge >= 0.3 is 0 Å². The van der Waals surface area contributed by atoms with E-state index in [9.17, 15) is 9.18 Å². The van der Waals surface area contributed by atoms with Crippen LogP contribution in [-0.2, 0) is 4.74 Å². The monoisotopic (exact) mass is 358 g/mol. The molecular formula is C20H23FN2O3. The average Bonchev–Trinajstić information content (AvgIpc) is 3.34. The zero-order valence-electron chi connectivity index (χ0n) is 14.7. The van der Waals surface area contributed by atoms with E-state index >= 15 is 0 Å². The Morgan fingerprint density at radius 2 is 1.92 bits per heavy atom. The van der Waals surface area contributed by atoms with E-state index in [1.165, 1.54) is 6.07 Å². The molecular weight excluding hydrogens is 335 g/mol. The summed E-state index contributed by atoms with van der Waals surface area (Å²) in [6.45, 7) is 4.83. The summed E-state index contributed by atoms with van der Waals surface area (Å²) in [6.07, 6.45) is 2.61. The van der Waals surface area contributed by atoms with Gasteiger partial charge in [-0.3, -0.25) is 9.69 Å². The average molecular weight is 358 g/mol. The van der Waals surface area contributed by atoms with Gasteiger partial charge in [-0.25, -0.2) is 4.39 Å². The predicted octanol–water partition coefficient (Wildman–Crippen LogP) is 3.02. The van der Waals surface area contributed by atoms with E-state index in [1.807, 2.05) is 0 Å². The summed E-state index contributed by atoms with van der Waals surface area (Å²) < 4.78 is 25.2. The van der Waals surface area contributed by atoms with Gasteiger partial charge in [0.2, 0.25) is 0 Å². The highest BCUT2D eigenvalue weighted by Gasteiger charge is 2.27. The van der Waals surface area contributed by atoms with Gasteiger partial charge < -0.3 is 14.1 Å². The Morgan fingerprint density at radius 1 is 1.12 bits per heavy atom. The van der Waals surface area contributed by atoms with E-state index in [1.54, 1.807) is 35.2 Å². The van der Waals surface area contributed by atoms with Gasteiger partial charge in [0.05, 0.1) is 11.7 Å². The number of nitrogens with zero attached hydrogens (tertiary/aromatic N) is 2. The molecule has 2 aliphatic rings. The van der Waals surface area contributed by atoms with E-state index in [2.05, 4.69) is 4.90 Å². The summed E-state index contributed by atoms with van der Waals surface area (Å²) in [5.41, 5.74) is 0.368. The Labute approximate surface area is 152 Å². The highest BCUT2D eigenvalue weighted by Crippen LogP contribution is 2.25. The molecule has 0 bridgehead atoms. The van der Waals surface area contributed by atoms with Gasteiger partial charge in [0.1, 0.15) is 11.6 Å². The van der Waals surface area contributed by atoms with Crippen molar-refractivity contribution >= 4 is 5.91 Å². The van der Waals surface area contributed by atoms with E-state index in [0.29, 0.717) is 30.5 Å². The third-order valence-corrected chi connectivity index (χ3v) is 5.10. The topological polar surface area (TPSA) is 45.9 Å². The molecule has 0 radical (unpaired) electrons. The Bertz CT molecular complexity index is 762. The summed E-state index contributed by atoms with van der Waals surface area (Å²) in [4.78, 5) is 16.8. The first-order valence-corrected chi connectivity index (χ1v) is 9.19. The molecule has 0 unspecified atom stereocenters. The molecule has 1 aromatic carbocycles. The zero-order chi connectivity index (χ0) is 17.9. The molecule has 0 aliphatic carbocycles. The molecule has 3 heterocycles. The Hall–Kier alpha value is -2.18. The summed E-state index contributed by atoms with van der Waals surface area (Å²) in [6, 6.07) is 9.68. The van der Waals surface area contributed by atoms with Crippen LogP contribution in [0.4, 0.5) is 4.39 Å². The zero-order valence-corrected chi connectivity index (χ0v) is 14.7. The van der Waals surface area contributed by atoms with Crippen molar-refractivity contribution in [1.29, 1.82) is 0 Å². The molecule has 26 heavy (non-hydrogen) atoms. The molecule has 1 atom stereocenters. The maximum absolute atomic E-state index is 13.9. The third kappa shape index (κ3) is 3.66. The lowest BCUT2D eigenvalue weighted by molar-refractivity contribution is 0.0417. The lowest BCUT2D eigenvalue weighted by Crippen LogP contribution is -2.50. The van der Waals surface area contributed by atoms with Crippen LogP contribution in [0.3, 0.4) is 0 Å². The largest absolute Gasteiger partial charge is 0.451 e. The summed E-state index contributed by atoms with van der Waals surface area (Å²) in [5, 5.41) is 0. The number of piperazine rings is 1. The fraction of sp³-hybridized carbons (Fsp3) is 0.450. The summed E-state index contributed by atoms with van der Waals surface area (Å²) >= 11 is 0. The highest BCUT2D eigenvalue weighted by molar-refractivity contribution is 5.92. The highest BCUT2D eigenvalue weighted by atomic mass is 19.1. The van der Waals surface area contributed by atoms with Crippen molar-refractivity contribution in [2.45, 2.75) is 18.9 Å². The molecule has 1 amide bonds. The molecule has 5 nitrogen and oxygen atoms in total. The number of ether oxygens (including phenoxy) is 1. The van der Waals surface area contributed by atoms with Crippen molar-refractivity contribution in [2.75, 3.05) is 39.3 Å². The number of carbonyl (C=O) groups excluding carboxylic acids is 1. The molecule has 2 fully saturated rings. The van der Waals surface area contributed by atoms with Crippen LogP contribution < -0.4 is 0 Å². The molecule has 2 aliphatic heterocycles. The smallest absolute Gasteiger partial charge is 0.289 e. The number of carbonyl (C=O) groups is 1. The summed E-state index contributed by atoms with van der Waals surface area (Å²) in [7, 11) is 0. The Kier molecular flexibility index (Phi) is 5.04. The van der Waals surface area contributed by atoms with E-state index in [0.717, 1.165) is 39.1 Å². The minimum absolute atomic E-state index is 0.135. The lowest BCUT2D eigenvalue weighted by atomic mass is 10.1. The second kappa shape index (κ2) is 7.60. The maximum Gasteiger partial charge on any atom is 0.289 e. The molecule has 0 saturated carbocycles. The fourth-order valence-corrected chi connectivity index (χ4v) is 3.62. The van der Waals surface area contributed by atoms with Gasteiger partial charge in [-0.2, -0.15) is 0 Å². The molecule has 2 aromatic rings. The van der Waals surface area contributed by atoms with Crippen LogP contribution in [0.2, 0.25) is 0 Å². The lowest BCUT2D eigenvalue weighted by Gasteiger charge is -2.35. The maximum atomic E-state index is 13.9. The normalized spacial score (nSPS) is 21.3. The van der Waals surface area contributed by atoms with Gasteiger partial charge in [0, 0.05) is 39.3 Å². The number of halogens is 1. The molecule has 138 valence electrons. The van der Waals surface area contributed by atoms with Crippen molar-refractivity contribution in [3.63, 3.8) is 0 Å². The number of amides is 1. The molecule has 4 rings (SSSR count). The van der Waals surface area contributed by atoms with Crippen molar-refractivity contribution in [3.8, 4) is 11.3 Å². The van der Waals surface area contributed by atoms with Crippen LogP contribution in [0.5, 0.6) is 0 Å². The predicted molar refractivity (Wildman–Crippen MR) is 95.4 cm³/mol. The number of rotatable bonds is 4. The van der Waals surface area contributed by atoms with Crippen LogP contribution in [0, 0.1) is 5.82 Å². The van der Waals surface area contributed by atoms with Gasteiger partial charge in [-0.1, -0.05) is 12.1 Å². The molecule has 2 saturated heterocycles. The van der Waals surface area contributed by atoms with Crippen molar-refractivity contribution in [1.82, 2.24) is 9.80 Å². The summed E-state index contributed by atoms with van der Waals surface area (Å²) in [5.74, 6) is 0.146. The molecule has 0 spiro atoms. The molecule has 1 aromatic heterocycles.